The van der Waals surface area contributed by atoms with E-state index in [-0.39, 0.29) is 6.10 Å². The molecule has 1 aromatic carbocycles. The molecule has 1 aromatic rings. The van der Waals surface area contributed by atoms with Gasteiger partial charge in [0.05, 0.1) is 19.3 Å². The van der Waals surface area contributed by atoms with E-state index in [9.17, 15) is 4.79 Å². The molecule has 2 rings (SSSR count). The van der Waals surface area contributed by atoms with Crippen molar-refractivity contribution in [1.29, 1.82) is 0 Å². The summed E-state index contributed by atoms with van der Waals surface area (Å²) in [5.74, 6) is 0.827. The molecule has 0 spiro atoms. The van der Waals surface area contributed by atoms with Crippen LogP contribution >= 0.6 is 0 Å². The zero-order valence-electron chi connectivity index (χ0n) is 15.3. The van der Waals surface area contributed by atoms with E-state index in [2.05, 4.69) is 16.2 Å². The van der Waals surface area contributed by atoms with Crippen molar-refractivity contribution in [2.45, 2.75) is 45.4 Å². The lowest BCUT2D eigenvalue weighted by atomic mass is 10.2. The van der Waals surface area contributed by atoms with Crippen LogP contribution in [0.15, 0.2) is 24.3 Å². The Morgan fingerprint density at radius 1 is 1.32 bits per heavy atom. The minimum Gasteiger partial charge on any atom is -0.493 e. The summed E-state index contributed by atoms with van der Waals surface area (Å²) in [5.41, 5.74) is 5.87. The summed E-state index contributed by atoms with van der Waals surface area (Å²) in [4.78, 5) is 11.5. The molecule has 140 valence electrons. The molecule has 25 heavy (non-hydrogen) atoms. The summed E-state index contributed by atoms with van der Waals surface area (Å²) in [5, 5.41) is 3.30. The number of carbonyl (C=O) groups excluding carboxylic acids is 1. The molecule has 0 radical (unpaired) electrons. The van der Waals surface area contributed by atoms with Crippen LogP contribution in [0.1, 0.15) is 32.8 Å². The molecule has 0 aliphatic carbocycles. The summed E-state index contributed by atoms with van der Waals surface area (Å²) in [7, 11) is 0. The fraction of sp³-hybridized carbons (Fsp3) is 0.611. The Morgan fingerprint density at radius 3 is 2.72 bits per heavy atom. The van der Waals surface area contributed by atoms with Gasteiger partial charge in [0.1, 0.15) is 11.4 Å². The lowest BCUT2D eigenvalue weighted by molar-refractivity contribution is 0.0159. The smallest absolute Gasteiger partial charge is 0.422 e. The van der Waals surface area contributed by atoms with E-state index in [1.165, 1.54) is 0 Å². The molecule has 1 aliphatic heterocycles. The molecular weight excluding hydrogens is 322 g/mol. The predicted molar refractivity (Wildman–Crippen MR) is 95.4 cm³/mol. The Balaban J connectivity index is 1.63. The number of amides is 1. The van der Waals surface area contributed by atoms with E-state index in [0.29, 0.717) is 13.2 Å². The van der Waals surface area contributed by atoms with Crippen molar-refractivity contribution in [2.75, 3.05) is 26.3 Å². The van der Waals surface area contributed by atoms with Crippen molar-refractivity contribution in [3.8, 4) is 5.75 Å². The van der Waals surface area contributed by atoms with Crippen molar-refractivity contribution in [3.63, 3.8) is 0 Å². The third-order valence-electron chi connectivity index (χ3n) is 3.52. The van der Waals surface area contributed by atoms with Crippen LogP contribution in [0.4, 0.5) is 4.79 Å². The molecule has 3 N–H and O–H groups in total. The van der Waals surface area contributed by atoms with Gasteiger partial charge in [0.15, 0.2) is 0 Å². The number of hydrogen-bond acceptors (Lipinski definition) is 6. The number of rotatable bonds is 7. The van der Waals surface area contributed by atoms with Crippen molar-refractivity contribution >= 4 is 6.09 Å². The second-order valence-electron chi connectivity index (χ2n) is 6.96. The molecule has 1 unspecified atom stereocenters. The van der Waals surface area contributed by atoms with Crippen LogP contribution in [0.2, 0.25) is 0 Å². The van der Waals surface area contributed by atoms with Gasteiger partial charge in [-0.3, -0.25) is 5.43 Å². The minimum absolute atomic E-state index is 0.233. The monoisotopic (exact) mass is 351 g/mol. The molecule has 0 bridgehead atoms. The quantitative estimate of drug-likeness (QED) is 0.652. The van der Waals surface area contributed by atoms with E-state index in [0.717, 1.165) is 37.4 Å². The summed E-state index contributed by atoms with van der Waals surface area (Å²) in [6.45, 7) is 9.18. The van der Waals surface area contributed by atoms with Crippen LogP contribution in [0, 0.1) is 0 Å². The Bertz CT molecular complexity index is 522. The number of carbonyl (C=O) groups is 1. The third-order valence-corrected chi connectivity index (χ3v) is 3.52. The first-order valence-corrected chi connectivity index (χ1v) is 8.68. The van der Waals surface area contributed by atoms with Crippen molar-refractivity contribution < 1.29 is 19.0 Å². The molecule has 1 atom stereocenters. The first-order chi connectivity index (χ1) is 11.9. The van der Waals surface area contributed by atoms with Gasteiger partial charge in [-0.1, -0.05) is 12.1 Å². The Morgan fingerprint density at radius 2 is 2.08 bits per heavy atom. The molecule has 0 aromatic heterocycles. The fourth-order valence-electron chi connectivity index (χ4n) is 2.34. The first-order valence-electron chi connectivity index (χ1n) is 8.68. The first kappa shape index (κ1) is 19.5. The highest BCUT2D eigenvalue weighted by molar-refractivity contribution is 5.66. The van der Waals surface area contributed by atoms with Gasteiger partial charge in [-0.05, 0) is 38.5 Å². The highest BCUT2D eigenvalue weighted by Gasteiger charge is 2.15. The zero-order valence-corrected chi connectivity index (χ0v) is 15.3. The predicted octanol–water partition coefficient (Wildman–Crippen LogP) is 1.97. The van der Waals surface area contributed by atoms with Gasteiger partial charge < -0.3 is 19.5 Å². The maximum absolute atomic E-state index is 11.5. The van der Waals surface area contributed by atoms with Gasteiger partial charge in [0, 0.05) is 26.1 Å². The van der Waals surface area contributed by atoms with Gasteiger partial charge in [-0.2, -0.15) is 0 Å². The van der Waals surface area contributed by atoms with Gasteiger partial charge in [0.2, 0.25) is 0 Å². The SMILES string of the molecule is CC(C)(C)OC(=O)NNCc1ccc(OCCC2CNCCO2)cc1. The summed E-state index contributed by atoms with van der Waals surface area (Å²) >= 11 is 0. The Kier molecular flexibility index (Phi) is 7.49. The third kappa shape index (κ3) is 8.20. The van der Waals surface area contributed by atoms with E-state index < -0.39 is 11.7 Å². The van der Waals surface area contributed by atoms with E-state index in [1.807, 2.05) is 45.0 Å². The highest BCUT2D eigenvalue weighted by atomic mass is 16.6. The van der Waals surface area contributed by atoms with Crippen molar-refractivity contribution in [2.24, 2.45) is 0 Å². The average molecular weight is 351 g/mol. The number of hydrazine groups is 1. The van der Waals surface area contributed by atoms with Gasteiger partial charge >= 0.3 is 6.09 Å². The fourth-order valence-corrected chi connectivity index (χ4v) is 2.34. The Labute approximate surface area is 149 Å². The van der Waals surface area contributed by atoms with Crippen LogP contribution in [-0.4, -0.2) is 44.1 Å². The van der Waals surface area contributed by atoms with Crippen LogP contribution in [0.25, 0.3) is 0 Å². The molecular formula is C18H29N3O4. The number of hydrogen-bond donors (Lipinski definition) is 3. The summed E-state index contributed by atoms with van der Waals surface area (Å²) in [6.07, 6.45) is 0.610. The number of ether oxygens (including phenoxy) is 3. The molecule has 1 saturated heterocycles. The van der Waals surface area contributed by atoms with E-state index in [4.69, 9.17) is 14.2 Å². The highest BCUT2D eigenvalue weighted by Crippen LogP contribution is 2.13. The second kappa shape index (κ2) is 9.60. The molecule has 1 amide bonds. The minimum atomic E-state index is -0.510. The maximum atomic E-state index is 11.5. The van der Waals surface area contributed by atoms with E-state index in [1.54, 1.807) is 0 Å². The van der Waals surface area contributed by atoms with Crippen molar-refractivity contribution in [1.82, 2.24) is 16.2 Å². The summed E-state index contributed by atoms with van der Waals surface area (Å²) in [6, 6.07) is 7.75. The van der Waals surface area contributed by atoms with Crippen LogP contribution in [0.3, 0.4) is 0 Å². The van der Waals surface area contributed by atoms with Crippen LogP contribution in [0.5, 0.6) is 5.75 Å². The molecule has 1 heterocycles. The molecule has 7 nitrogen and oxygen atoms in total. The van der Waals surface area contributed by atoms with Gasteiger partial charge in [-0.15, -0.1) is 0 Å². The van der Waals surface area contributed by atoms with Crippen LogP contribution < -0.4 is 20.9 Å². The maximum Gasteiger partial charge on any atom is 0.422 e. The lowest BCUT2D eigenvalue weighted by Gasteiger charge is -2.23. The number of morpholine rings is 1. The number of benzene rings is 1. The standard InChI is InChI=1S/C18H29N3O4/c1-18(2,3)25-17(22)21-20-12-14-4-6-15(7-5-14)23-10-8-16-13-19-9-11-24-16/h4-7,16,19-20H,8-13H2,1-3H3,(H,21,22). The zero-order chi connectivity index (χ0) is 18.1. The van der Waals surface area contributed by atoms with Crippen molar-refractivity contribution in [3.05, 3.63) is 29.8 Å². The molecule has 1 aliphatic rings. The van der Waals surface area contributed by atoms with E-state index >= 15 is 0 Å². The summed E-state index contributed by atoms with van der Waals surface area (Å²) < 4.78 is 16.5. The molecule has 0 saturated carbocycles. The molecule has 7 heteroatoms. The molecule has 1 fully saturated rings. The second-order valence-corrected chi connectivity index (χ2v) is 6.96. The normalized spacial score (nSPS) is 17.8. The van der Waals surface area contributed by atoms with Crippen LogP contribution in [-0.2, 0) is 16.0 Å². The average Bonchev–Trinajstić information content (AvgIpc) is 2.56. The Hall–Kier alpha value is -1.83. The van der Waals surface area contributed by atoms with Gasteiger partial charge in [-0.25, -0.2) is 10.2 Å². The lowest BCUT2D eigenvalue weighted by Crippen LogP contribution is -2.40. The van der Waals surface area contributed by atoms with Gasteiger partial charge in [0.25, 0.3) is 0 Å². The number of nitrogens with one attached hydrogen (secondary N) is 3. The largest absolute Gasteiger partial charge is 0.493 e. The topological polar surface area (TPSA) is 80.9 Å².